The number of aromatic amines is 1. The van der Waals surface area contributed by atoms with Crippen molar-refractivity contribution in [1.82, 2.24) is 9.97 Å². The Morgan fingerprint density at radius 3 is 2.76 bits per heavy atom. The Bertz CT molecular complexity index is 872. The summed E-state index contributed by atoms with van der Waals surface area (Å²) in [5, 5.41) is 0.650. The summed E-state index contributed by atoms with van der Waals surface area (Å²) in [7, 11) is 0. The van der Waals surface area contributed by atoms with Crippen molar-refractivity contribution in [3.8, 4) is 11.6 Å². The van der Waals surface area contributed by atoms with E-state index in [1.165, 1.54) is 6.07 Å². The topological polar surface area (TPSA) is 98.1 Å². The summed E-state index contributed by atoms with van der Waals surface area (Å²) in [5.74, 6) is 0.231. The number of carbonyl (C=O) groups is 1. The Kier molecular flexibility index (Phi) is 3.12. The molecule has 21 heavy (non-hydrogen) atoms. The summed E-state index contributed by atoms with van der Waals surface area (Å²) in [4.78, 5) is 29.5. The largest absolute Gasteiger partial charge is 0.439 e. The van der Waals surface area contributed by atoms with Gasteiger partial charge in [-0.2, -0.15) is 0 Å². The Morgan fingerprint density at radius 1 is 1.19 bits per heavy atom. The van der Waals surface area contributed by atoms with E-state index in [0.29, 0.717) is 22.5 Å². The predicted molar refractivity (Wildman–Crippen MR) is 77.4 cm³/mol. The molecular formula is C15H11N3O3. The van der Waals surface area contributed by atoms with E-state index in [4.69, 9.17) is 10.5 Å². The second-order valence-corrected chi connectivity index (χ2v) is 4.40. The van der Waals surface area contributed by atoms with Crippen LogP contribution in [0.4, 0.5) is 0 Å². The number of ether oxygens (including phenoxy) is 1. The number of primary amides is 1. The van der Waals surface area contributed by atoms with Gasteiger partial charge in [0.25, 0.3) is 11.5 Å². The van der Waals surface area contributed by atoms with Crippen LogP contribution in [0.15, 0.2) is 53.5 Å². The van der Waals surface area contributed by atoms with E-state index in [2.05, 4.69) is 9.97 Å². The normalized spacial score (nSPS) is 10.5. The van der Waals surface area contributed by atoms with Gasteiger partial charge in [-0.15, -0.1) is 0 Å². The molecule has 0 unspecified atom stereocenters. The summed E-state index contributed by atoms with van der Waals surface area (Å²) in [6.45, 7) is 0. The highest BCUT2D eigenvalue weighted by atomic mass is 16.5. The molecule has 6 heteroatoms. The van der Waals surface area contributed by atoms with Crippen LogP contribution in [0.2, 0.25) is 0 Å². The van der Waals surface area contributed by atoms with Gasteiger partial charge < -0.3 is 15.5 Å². The van der Waals surface area contributed by atoms with Crippen LogP contribution < -0.4 is 16.0 Å². The minimum atomic E-state index is -0.769. The predicted octanol–water partition coefficient (Wildman–Crippen LogP) is 1.81. The highest BCUT2D eigenvalue weighted by molar-refractivity contribution is 5.96. The van der Waals surface area contributed by atoms with Gasteiger partial charge in [-0.25, -0.2) is 4.98 Å². The van der Waals surface area contributed by atoms with Crippen molar-refractivity contribution in [1.29, 1.82) is 0 Å². The van der Waals surface area contributed by atoms with Gasteiger partial charge in [0.15, 0.2) is 0 Å². The third-order valence-electron chi connectivity index (χ3n) is 2.94. The van der Waals surface area contributed by atoms with E-state index in [9.17, 15) is 9.59 Å². The van der Waals surface area contributed by atoms with Crippen LogP contribution >= 0.6 is 0 Å². The van der Waals surface area contributed by atoms with Crippen molar-refractivity contribution >= 4 is 16.8 Å². The molecule has 0 bridgehead atoms. The average Bonchev–Trinajstić information content (AvgIpc) is 2.47. The van der Waals surface area contributed by atoms with E-state index in [-0.39, 0.29) is 5.56 Å². The van der Waals surface area contributed by atoms with Crippen LogP contribution in [0.5, 0.6) is 11.6 Å². The number of fused-ring (bicyclic) bond motifs is 1. The molecule has 0 aliphatic heterocycles. The second-order valence-electron chi connectivity index (χ2n) is 4.40. The molecule has 0 aliphatic carbocycles. The number of benzene rings is 1. The monoisotopic (exact) mass is 281 g/mol. The van der Waals surface area contributed by atoms with Crippen molar-refractivity contribution in [2.75, 3.05) is 0 Å². The summed E-state index contributed by atoms with van der Waals surface area (Å²) in [6.07, 6.45) is 1.62. The van der Waals surface area contributed by atoms with Crippen LogP contribution in [-0.4, -0.2) is 15.9 Å². The summed E-state index contributed by atoms with van der Waals surface area (Å²) < 4.78 is 5.60. The molecule has 0 aliphatic rings. The first-order valence-corrected chi connectivity index (χ1v) is 6.19. The highest BCUT2D eigenvalue weighted by Gasteiger charge is 2.09. The molecule has 3 aromatic rings. The maximum atomic E-state index is 11.7. The van der Waals surface area contributed by atoms with E-state index >= 15 is 0 Å². The number of H-pyrrole nitrogens is 1. The number of aromatic nitrogens is 2. The smallest absolute Gasteiger partial charge is 0.261 e. The fourth-order valence-electron chi connectivity index (χ4n) is 1.96. The highest BCUT2D eigenvalue weighted by Crippen LogP contribution is 2.23. The van der Waals surface area contributed by atoms with Gasteiger partial charge in [0.2, 0.25) is 5.88 Å². The summed E-state index contributed by atoms with van der Waals surface area (Å²) in [6, 6.07) is 11.9. The first-order chi connectivity index (χ1) is 10.1. The van der Waals surface area contributed by atoms with Gasteiger partial charge >= 0.3 is 0 Å². The molecule has 6 nitrogen and oxygen atoms in total. The van der Waals surface area contributed by atoms with E-state index in [1.54, 1.807) is 36.5 Å². The summed E-state index contributed by atoms with van der Waals surface area (Å²) in [5.41, 5.74) is 5.17. The Morgan fingerprint density at radius 2 is 2.05 bits per heavy atom. The minimum Gasteiger partial charge on any atom is -0.439 e. The lowest BCUT2D eigenvalue weighted by atomic mass is 10.1. The van der Waals surface area contributed by atoms with E-state index < -0.39 is 11.5 Å². The fraction of sp³-hybridized carbons (Fsp3) is 0. The van der Waals surface area contributed by atoms with Crippen molar-refractivity contribution < 1.29 is 9.53 Å². The lowest BCUT2D eigenvalue weighted by molar-refractivity contribution is 0.0999. The number of amides is 1. The number of hydrogen-bond acceptors (Lipinski definition) is 4. The van der Waals surface area contributed by atoms with Gasteiger partial charge in [-0.1, -0.05) is 6.07 Å². The molecule has 0 saturated carbocycles. The standard InChI is InChI=1S/C15H11N3O3/c16-14(19)11-8-9-7-10(4-5-12(9)18-15(11)20)21-13-3-1-2-6-17-13/h1-8H,(H2,16,19)(H,18,20). The van der Waals surface area contributed by atoms with E-state index in [1.807, 2.05) is 6.07 Å². The van der Waals surface area contributed by atoms with Crippen molar-refractivity contribution in [3.63, 3.8) is 0 Å². The molecule has 3 N–H and O–H groups in total. The lowest BCUT2D eigenvalue weighted by Gasteiger charge is -2.06. The summed E-state index contributed by atoms with van der Waals surface area (Å²) >= 11 is 0. The molecule has 2 aromatic heterocycles. The van der Waals surface area contributed by atoms with Crippen LogP contribution in [0, 0.1) is 0 Å². The van der Waals surface area contributed by atoms with Crippen molar-refractivity contribution in [2.45, 2.75) is 0 Å². The van der Waals surface area contributed by atoms with Crippen molar-refractivity contribution in [3.05, 3.63) is 64.6 Å². The average molecular weight is 281 g/mol. The molecular weight excluding hydrogens is 270 g/mol. The van der Waals surface area contributed by atoms with Crippen LogP contribution in [0.1, 0.15) is 10.4 Å². The molecule has 3 rings (SSSR count). The molecule has 1 amide bonds. The molecule has 0 radical (unpaired) electrons. The molecule has 2 heterocycles. The van der Waals surface area contributed by atoms with Gasteiger partial charge in [-0.05, 0) is 30.3 Å². The Balaban J connectivity index is 2.05. The maximum Gasteiger partial charge on any atom is 0.261 e. The van der Waals surface area contributed by atoms with E-state index in [0.717, 1.165) is 0 Å². The first-order valence-electron chi connectivity index (χ1n) is 6.19. The van der Waals surface area contributed by atoms with Crippen LogP contribution in [0.25, 0.3) is 10.9 Å². The first kappa shape index (κ1) is 12.9. The number of nitrogens with two attached hydrogens (primary N) is 1. The Hall–Kier alpha value is -3.15. The third-order valence-corrected chi connectivity index (χ3v) is 2.94. The quantitative estimate of drug-likeness (QED) is 0.765. The molecule has 104 valence electrons. The number of nitrogens with one attached hydrogen (secondary N) is 1. The SMILES string of the molecule is NC(=O)c1cc2cc(Oc3ccccn3)ccc2[nH]c1=O. The van der Waals surface area contributed by atoms with Crippen molar-refractivity contribution in [2.24, 2.45) is 5.73 Å². The Labute approximate surface area is 119 Å². The molecule has 0 spiro atoms. The second kappa shape index (κ2) is 5.09. The zero-order chi connectivity index (χ0) is 14.8. The van der Waals surface area contributed by atoms with Gasteiger partial charge in [0.05, 0.1) is 0 Å². The number of nitrogens with zero attached hydrogens (tertiary/aromatic N) is 1. The zero-order valence-corrected chi connectivity index (χ0v) is 10.9. The van der Waals surface area contributed by atoms with Gasteiger partial charge in [0.1, 0.15) is 11.3 Å². The molecule has 0 atom stereocenters. The third kappa shape index (κ3) is 2.59. The zero-order valence-electron chi connectivity index (χ0n) is 10.9. The maximum absolute atomic E-state index is 11.7. The molecule has 0 fully saturated rings. The minimum absolute atomic E-state index is 0.0857. The number of carbonyl (C=O) groups excluding carboxylic acids is 1. The fourth-order valence-corrected chi connectivity index (χ4v) is 1.96. The number of rotatable bonds is 3. The molecule has 0 saturated heterocycles. The molecule has 1 aromatic carbocycles. The van der Waals surface area contributed by atoms with Gasteiger partial charge in [0, 0.05) is 23.2 Å². The van der Waals surface area contributed by atoms with Gasteiger partial charge in [-0.3, -0.25) is 9.59 Å². The number of pyridine rings is 2. The lowest BCUT2D eigenvalue weighted by Crippen LogP contribution is -2.23. The van der Waals surface area contributed by atoms with Crippen LogP contribution in [0.3, 0.4) is 0 Å². The van der Waals surface area contributed by atoms with Crippen LogP contribution in [-0.2, 0) is 0 Å². The number of hydrogen-bond donors (Lipinski definition) is 2.